The topological polar surface area (TPSA) is 32.3 Å². The Balaban J connectivity index is 1.87. The smallest absolute Gasteiger partial charge is 0.224 e. The predicted molar refractivity (Wildman–Crippen MR) is 86.4 cm³/mol. The number of amides is 1. The van der Waals surface area contributed by atoms with E-state index in [9.17, 15) is 4.79 Å². The highest BCUT2D eigenvalue weighted by molar-refractivity contribution is 5.93. The molecule has 1 aromatic carbocycles. The SMILES string of the molecule is CC(C)N1C[C@@H](C)CC[C@@H]1c1ccc2c(c1)CCC(=O)N2. The van der Waals surface area contributed by atoms with Crippen molar-refractivity contribution < 1.29 is 4.79 Å². The van der Waals surface area contributed by atoms with Gasteiger partial charge in [-0.3, -0.25) is 9.69 Å². The lowest BCUT2D eigenvalue weighted by atomic mass is 9.87. The summed E-state index contributed by atoms with van der Waals surface area (Å²) in [5.74, 6) is 0.936. The highest BCUT2D eigenvalue weighted by Crippen LogP contribution is 2.36. The third-order valence-electron chi connectivity index (χ3n) is 4.93. The van der Waals surface area contributed by atoms with E-state index in [0.29, 0.717) is 18.5 Å². The van der Waals surface area contributed by atoms with Crippen molar-refractivity contribution >= 4 is 11.6 Å². The van der Waals surface area contributed by atoms with Crippen LogP contribution in [0.25, 0.3) is 0 Å². The predicted octanol–water partition coefficient (Wildman–Crippen LogP) is 3.75. The molecule has 1 fully saturated rings. The Kier molecular flexibility index (Phi) is 4.03. The molecule has 0 bridgehead atoms. The van der Waals surface area contributed by atoms with Crippen molar-refractivity contribution in [1.29, 1.82) is 0 Å². The summed E-state index contributed by atoms with van der Waals surface area (Å²) in [6, 6.07) is 7.74. The average Bonchev–Trinajstić information content (AvgIpc) is 2.46. The standard InChI is InChI=1S/C18H26N2O/c1-12(2)20-11-13(3)4-8-17(20)15-5-7-16-14(10-15)6-9-18(21)19-16/h5,7,10,12-13,17H,4,6,8-9,11H2,1-3H3,(H,19,21)/t13-,17+/m0/s1. The number of carbonyl (C=O) groups excluding carboxylic acids is 1. The van der Waals surface area contributed by atoms with Gasteiger partial charge in [0.1, 0.15) is 0 Å². The number of anilines is 1. The van der Waals surface area contributed by atoms with E-state index >= 15 is 0 Å². The minimum Gasteiger partial charge on any atom is -0.326 e. The maximum atomic E-state index is 11.5. The number of carbonyl (C=O) groups is 1. The maximum Gasteiger partial charge on any atom is 0.224 e. The van der Waals surface area contributed by atoms with Crippen molar-refractivity contribution in [3.8, 4) is 0 Å². The molecule has 3 rings (SSSR count). The van der Waals surface area contributed by atoms with Crippen molar-refractivity contribution in [2.75, 3.05) is 11.9 Å². The Bertz CT molecular complexity index is 538. The van der Waals surface area contributed by atoms with Crippen LogP contribution in [0.1, 0.15) is 57.2 Å². The number of fused-ring (bicyclic) bond motifs is 1. The van der Waals surface area contributed by atoms with Gasteiger partial charge < -0.3 is 5.32 Å². The molecule has 2 aliphatic heterocycles. The maximum absolute atomic E-state index is 11.5. The van der Waals surface area contributed by atoms with Gasteiger partial charge in [-0.1, -0.05) is 19.1 Å². The van der Waals surface area contributed by atoms with Crippen molar-refractivity contribution in [3.63, 3.8) is 0 Å². The third-order valence-corrected chi connectivity index (χ3v) is 4.93. The second kappa shape index (κ2) is 5.80. The van der Waals surface area contributed by atoms with E-state index in [1.807, 2.05) is 0 Å². The highest BCUT2D eigenvalue weighted by Gasteiger charge is 2.29. The lowest BCUT2D eigenvalue weighted by Gasteiger charge is -2.42. The van der Waals surface area contributed by atoms with Crippen LogP contribution < -0.4 is 5.32 Å². The van der Waals surface area contributed by atoms with Crippen LogP contribution in [0.5, 0.6) is 0 Å². The molecule has 1 amide bonds. The minimum absolute atomic E-state index is 0.144. The molecule has 2 atom stereocenters. The number of aryl methyl sites for hydroxylation is 1. The summed E-state index contributed by atoms with van der Waals surface area (Å²) >= 11 is 0. The summed E-state index contributed by atoms with van der Waals surface area (Å²) in [5.41, 5.74) is 3.73. The first-order chi connectivity index (χ1) is 10.0. The van der Waals surface area contributed by atoms with Crippen LogP contribution in [-0.4, -0.2) is 23.4 Å². The average molecular weight is 286 g/mol. The molecule has 21 heavy (non-hydrogen) atoms. The lowest BCUT2D eigenvalue weighted by Crippen LogP contribution is -2.41. The van der Waals surface area contributed by atoms with Gasteiger partial charge in [0.25, 0.3) is 0 Å². The van der Waals surface area contributed by atoms with Crippen LogP contribution in [0.15, 0.2) is 18.2 Å². The summed E-state index contributed by atoms with van der Waals surface area (Å²) in [5, 5.41) is 2.98. The molecule has 2 heterocycles. The minimum atomic E-state index is 0.144. The number of piperidine rings is 1. The zero-order valence-electron chi connectivity index (χ0n) is 13.4. The van der Waals surface area contributed by atoms with Gasteiger partial charge in [-0.05, 0) is 56.2 Å². The van der Waals surface area contributed by atoms with Crippen molar-refractivity contribution in [2.45, 2.75) is 58.5 Å². The van der Waals surface area contributed by atoms with E-state index in [4.69, 9.17) is 0 Å². The fraction of sp³-hybridized carbons (Fsp3) is 0.611. The molecule has 0 aliphatic carbocycles. The number of nitrogens with zero attached hydrogens (tertiary/aromatic N) is 1. The molecule has 0 saturated carbocycles. The molecule has 1 saturated heterocycles. The van der Waals surface area contributed by atoms with Crippen LogP contribution in [0.4, 0.5) is 5.69 Å². The van der Waals surface area contributed by atoms with Gasteiger partial charge in [0, 0.05) is 30.7 Å². The number of likely N-dealkylation sites (tertiary alicyclic amines) is 1. The number of rotatable bonds is 2. The summed E-state index contributed by atoms with van der Waals surface area (Å²) in [7, 11) is 0. The van der Waals surface area contributed by atoms with E-state index in [1.165, 1.54) is 30.5 Å². The quantitative estimate of drug-likeness (QED) is 0.898. The molecular weight excluding hydrogens is 260 g/mol. The van der Waals surface area contributed by atoms with Gasteiger partial charge in [-0.15, -0.1) is 0 Å². The summed E-state index contributed by atoms with van der Waals surface area (Å²) in [4.78, 5) is 14.1. The largest absolute Gasteiger partial charge is 0.326 e. The normalized spacial score (nSPS) is 26.6. The molecule has 0 spiro atoms. The van der Waals surface area contributed by atoms with Crippen molar-refractivity contribution in [3.05, 3.63) is 29.3 Å². The van der Waals surface area contributed by atoms with Crippen LogP contribution in [0, 0.1) is 5.92 Å². The molecule has 1 N–H and O–H groups in total. The fourth-order valence-corrected chi connectivity index (χ4v) is 3.73. The monoisotopic (exact) mass is 286 g/mol. The van der Waals surface area contributed by atoms with Crippen molar-refractivity contribution in [2.24, 2.45) is 5.92 Å². The summed E-state index contributed by atoms with van der Waals surface area (Å²) < 4.78 is 0. The van der Waals surface area contributed by atoms with Crippen molar-refractivity contribution in [1.82, 2.24) is 4.90 Å². The Labute approximate surface area is 127 Å². The number of hydrogen-bond donors (Lipinski definition) is 1. The van der Waals surface area contributed by atoms with E-state index in [0.717, 1.165) is 18.0 Å². The van der Waals surface area contributed by atoms with Gasteiger partial charge in [0.2, 0.25) is 5.91 Å². The molecule has 114 valence electrons. The van der Waals surface area contributed by atoms with Crippen LogP contribution in [0.2, 0.25) is 0 Å². The molecule has 0 aromatic heterocycles. The van der Waals surface area contributed by atoms with E-state index in [2.05, 4.69) is 49.2 Å². The zero-order valence-corrected chi connectivity index (χ0v) is 13.4. The molecular formula is C18H26N2O. The third kappa shape index (κ3) is 2.98. The Morgan fingerprint density at radius 1 is 1.24 bits per heavy atom. The zero-order chi connectivity index (χ0) is 15.0. The van der Waals surface area contributed by atoms with Gasteiger partial charge in [-0.2, -0.15) is 0 Å². The molecule has 3 heteroatoms. The number of nitrogens with one attached hydrogen (secondary N) is 1. The Morgan fingerprint density at radius 2 is 2.05 bits per heavy atom. The fourth-order valence-electron chi connectivity index (χ4n) is 3.73. The van der Waals surface area contributed by atoms with Crippen LogP contribution in [0.3, 0.4) is 0 Å². The van der Waals surface area contributed by atoms with Gasteiger partial charge >= 0.3 is 0 Å². The second-order valence-electron chi connectivity index (χ2n) is 6.95. The van der Waals surface area contributed by atoms with Crippen LogP contribution in [-0.2, 0) is 11.2 Å². The van der Waals surface area contributed by atoms with E-state index in [-0.39, 0.29) is 5.91 Å². The first-order valence-corrected chi connectivity index (χ1v) is 8.23. The highest BCUT2D eigenvalue weighted by atomic mass is 16.1. The molecule has 3 nitrogen and oxygen atoms in total. The van der Waals surface area contributed by atoms with E-state index < -0.39 is 0 Å². The Morgan fingerprint density at radius 3 is 2.81 bits per heavy atom. The van der Waals surface area contributed by atoms with Crippen LogP contribution >= 0.6 is 0 Å². The van der Waals surface area contributed by atoms with Gasteiger partial charge in [0.15, 0.2) is 0 Å². The number of benzene rings is 1. The van der Waals surface area contributed by atoms with Gasteiger partial charge in [-0.25, -0.2) is 0 Å². The van der Waals surface area contributed by atoms with Gasteiger partial charge in [0.05, 0.1) is 0 Å². The molecule has 0 unspecified atom stereocenters. The summed E-state index contributed by atoms with van der Waals surface area (Å²) in [6.07, 6.45) is 4.04. The first-order valence-electron chi connectivity index (χ1n) is 8.23. The second-order valence-corrected chi connectivity index (χ2v) is 6.95. The lowest BCUT2D eigenvalue weighted by molar-refractivity contribution is -0.116. The first kappa shape index (κ1) is 14.6. The number of hydrogen-bond acceptors (Lipinski definition) is 2. The summed E-state index contributed by atoms with van der Waals surface area (Å²) in [6.45, 7) is 8.14. The Hall–Kier alpha value is -1.35. The molecule has 2 aliphatic rings. The molecule has 1 aromatic rings. The molecule has 0 radical (unpaired) electrons. The van der Waals surface area contributed by atoms with E-state index in [1.54, 1.807) is 0 Å².